The van der Waals surface area contributed by atoms with E-state index in [0.29, 0.717) is 5.82 Å². The van der Waals surface area contributed by atoms with Gasteiger partial charge in [0, 0.05) is 52.1 Å². The molecule has 5 heteroatoms. The van der Waals surface area contributed by atoms with Gasteiger partial charge in [-0.3, -0.25) is 0 Å². The van der Waals surface area contributed by atoms with E-state index in [1.807, 2.05) is 18.5 Å². The summed E-state index contributed by atoms with van der Waals surface area (Å²) in [6.45, 7) is 27.9. The third-order valence-electron chi connectivity index (χ3n) is 11.5. The molecule has 0 radical (unpaired) electrons. The van der Waals surface area contributed by atoms with Crippen LogP contribution in [-0.4, -0.2) is 16.7 Å². The number of hydrogen-bond donors (Lipinski definition) is 0. The fourth-order valence-electron chi connectivity index (χ4n) is 8.24. The first-order chi connectivity index (χ1) is 25.8. The Morgan fingerprint density at radius 1 is 0.418 bits per heavy atom. The first-order valence-corrected chi connectivity index (χ1v) is 19.9. The fraction of sp³-hybridized carbons (Fsp3) is 0.320. The van der Waals surface area contributed by atoms with Crippen molar-refractivity contribution in [2.75, 3.05) is 9.80 Å². The van der Waals surface area contributed by atoms with Crippen molar-refractivity contribution in [3.63, 3.8) is 0 Å². The van der Waals surface area contributed by atoms with E-state index in [0.717, 1.165) is 16.9 Å². The molecule has 0 amide bonds. The number of benzene rings is 5. The van der Waals surface area contributed by atoms with E-state index in [4.69, 9.17) is 9.97 Å². The Balaban J connectivity index is 1.51. The highest BCUT2D eigenvalue weighted by atomic mass is 15.2. The van der Waals surface area contributed by atoms with Gasteiger partial charge in [0.05, 0.1) is 0 Å². The van der Waals surface area contributed by atoms with E-state index in [1.54, 1.807) is 0 Å². The third kappa shape index (κ3) is 6.46. The van der Waals surface area contributed by atoms with E-state index >= 15 is 0 Å². The standard InChI is InChI=1S/C50H55BN4/c1-47(2,3)33-26-34(48(4,5)6)29-37(28-33)54-41-20-15-13-18-39(41)51-40-19-14-16-21-42(40)55(38-30-35(49(7,8)9)27-36(31-38)50(10,11)12)44-25-32(24-43(54)45(44)51)46-52-22-17-23-53-46/h13-31H,1-12H3. The van der Waals surface area contributed by atoms with Gasteiger partial charge in [0.25, 0.3) is 6.71 Å². The maximum Gasteiger partial charge on any atom is 0.252 e. The summed E-state index contributed by atoms with van der Waals surface area (Å²) < 4.78 is 0. The molecule has 5 aromatic carbocycles. The van der Waals surface area contributed by atoms with E-state index in [2.05, 4.69) is 190 Å². The van der Waals surface area contributed by atoms with E-state index in [-0.39, 0.29) is 28.4 Å². The van der Waals surface area contributed by atoms with Crippen LogP contribution in [0.1, 0.15) is 105 Å². The molecule has 0 fully saturated rings. The molecular weight excluding hydrogens is 667 g/mol. The Morgan fingerprint density at radius 3 is 1.15 bits per heavy atom. The van der Waals surface area contributed by atoms with Crippen LogP contribution in [-0.2, 0) is 21.7 Å². The first kappa shape index (κ1) is 36.8. The van der Waals surface area contributed by atoms with Gasteiger partial charge >= 0.3 is 0 Å². The van der Waals surface area contributed by atoms with E-state index < -0.39 is 0 Å². The lowest BCUT2D eigenvalue weighted by molar-refractivity contribution is 0.568. The summed E-state index contributed by atoms with van der Waals surface area (Å²) >= 11 is 0. The van der Waals surface area contributed by atoms with Crippen LogP contribution >= 0.6 is 0 Å². The predicted molar refractivity (Wildman–Crippen MR) is 236 cm³/mol. The van der Waals surface area contributed by atoms with Gasteiger partial charge in [-0.25, -0.2) is 9.97 Å². The zero-order chi connectivity index (χ0) is 39.2. The molecule has 55 heavy (non-hydrogen) atoms. The van der Waals surface area contributed by atoms with E-state index in [9.17, 15) is 0 Å². The smallest absolute Gasteiger partial charge is 0.252 e. The Kier molecular flexibility index (Phi) is 8.50. The maximum atomic E-state index is 4.83. The van der Waals surface area contributed by atoms with E-state index in [1.165, 1.54) is 61.4 Å². The van der Waals surface area contributed by atoms with Crippen LogP contribution in [0, 0.1) is 0 Å². The molecule has 0 N–H and O–H groups in total. The molecule has 2 aliphatic heterocycles. The summed E-state index contributed by atoms with van der Waals surface area (Å²) in [5, 5.41) is 0. The van der Waals surface area contributed by atoms with Crippen molar-refractivity contribution in [2.24, 2.45) is 0 Å². The topological polar surface area (TPSA) is 32.3 Å². The molecule has 0 bridgehead atoms. The van der Waals surface area contributed by atoms with Crippen molar-refractivity contribution >= 4 is 57.2 Å². The van der Waals surface area contributed by atoms with Crippen LogP contribution < -0.4 is 26.2 Å². The molecule has 278 valence electrons. The van der Waals surface area contributed by atoms with Crippen LogP contribution in [0.25, 0.3) is 11.4 Å². The monoisotopic (exact) mass is 722 g/mol. The van der Waals surface area contributed by atoms with Gasteiger partial charge < -0.3 is 9.80 Å². The van der Waals surface area contributed by atoms with Crippen molar-refractivity contribution in [1.82, 2.24) is 9.97 Å². The molecular formula is C50H55BN4. The molecule has 3 heterocycles. The van der Waals surface area contributed by atoms with Gasteiger partial charge in [-0.1, -0.05) is 132 Å². The summed E-state index contributed by atoms with van der Waals surface area (Å²) in [5.41, 5.74) is 17.2. The molecule has 0 unspecified atom stereocenters. The Bertz CT molecular complexity index is 2220. The average molecular weight is 723 g/mol. The lowest BCUT2D eigenvalue weighted by atomic mass is 9.33. The third-order valence-corrected chi connectivity index (χ3v) is 11.5. The summed E-state index contributed by atoms with van der Waals surface area (Å²) in [5.74, 6) is 0.716. The van der Waals surface area contributed by atoms with Gasteiger partial charge in [-0.15, -0.1) is 0 Å². The minimum atomic E-state index is -0.0361. The molecule has 0 saturated carbocycles. The van der Waals surface area contributed by atoms with Gasteiger partial charge in [0.2, 0.25) is 0 Å². The van der Waals surface area contributed by atoms with Gasteiger partial charge in [0.1, 0.15) is 0 Å². The quantitative estimate of drug-likeness (QED) is 0.170. The maximum absolute atomic E-state index is 4.83. The SMILES string of the molecule is CC(C)(C)c1cc(N2c3ccccc3B3c4ccccc4N(c4cc(C(C)(C)C)cc(C(C)(C)C)c4)c4cc(-c5ncccn5)cc2c43)cc(C(C)(C)C)c1. The zero-order valence-electron chi connectivity index (χ0n) is 34.8. The molecule has 0 saturated heterocycles. The van der Waals surface area contributed by atoms with Crippen LogP contribution in [0.15, 0.2) is 116 Å². The average Bonchev–Trinajstić information content (AvgIpc) is 3.13. The number of anilines is 6. The Morgan fingerprint density at radius 2 is 0.782 bits per heavy atom. The number of aromatic nitrogens is 2. The second-order valence-corrected chi connectivity index (χ2v) is 19.8. The number of para-hydroxylation sites is 2. The molecule has 2 aliphatic rings. The predicted octanol–water partition coefficient (Wildman–Crippen LogP) is 11.4. The van der Waals surface area contributed by atoms with Gasteiger partial charge in [-0.05, 0) is 115 Å². The molecule has 0 spiro atoms. The highest BCUT2D eigenvalue weighted by molar-refractivity contribution is 7.00. The molecule has 8 rings (SSSR count). The van der Waals surface area contributed by atoms with Crippen molar-refractivity contribution < 1.29 is 0 Å². The van der Waals surface area contributed by atoms with Crippen LogP contribution in [0.4, 0.5) is 34.1 Å². The second kappa shape index (κ2) is 12.7. The van der Waals surface area contributed by atoms with Crippen LogP contribution in [0.3, 0.4) is 0 Å². The van der Waals surface area contributed by atoms with Gasteiger partial charge in [-0.2, -0.15) is 0 Å². The van der Waals surface area contributed by atoms with Crippen molar-refractivity contribution in [3.05, 3.63) is 138 Å². The molecule has 6 aromatic rings. The highest BCUT2D eigenvalue weighted by Crippen LogP contribution is 2.48. The van der Waals surface area contributed by atoms with Crippen molar-refractivity contribution in [1.29, 1.82) is 0 Å². The normalized spacial score (nSPS) is 14.1. The number of fused-ring (bicyclic) bond motifs is 4. The van der Waals surface area contributed by atoms with Crippen LogP contribution in [0.5, 0.6) is 0 Å². The number of rotatable bonds is 3. The summed E-state index contributed by atoms with van der Waals surface area (Å²) in [6, 6.07) is 39.2. The van der Waals surface area contributed by atoms with Crippen LogP contribution in [0.2, 0.25) is 0 Å². The Hall–Kier alpha value is -5.16. The summed E-state index contributed by atoms with van der Waals surface area (Å²) in [7, 11) is 0. The minimum absolute atomic E-state index is 0.0361. The second-order valence-electron chi connectivity index (χ2n) is 19.8. The largest absolute Gasteiger partial charge is 0.311 e. The lowest BCUT2D eigenvalue weighted by Crippen LogP contribution is -2.61. The molecule has 0 atom stereocenters. The lowest BCUT2D eigenvalue weighted by Gasteiger charge is -2.45. The zero-order valence-corrected chi connectivity index (χ0v) is 34.8. The van der Waals surface area contributed by atoms with Crippen molar-refractivity contribution in [2.45, 2.75) is 105 Å². The van der Waals surface area contributed by atoms with Gasteiger partial charge in [0.15, 0.2) is 5.82 Å². The minimum Gasteiger partial charge on any atom is -0.311 e. The Labute approximate surface area is 329 Å². The molecule has 4 nitrogen and oxygen atoms in total. The number of nitrogens with zero attached hydrogens (tertiary/aromatic N) is 4. The number of hydrogen-bond acceptors (Lipinski definition) is 4. The fourth-order valence-corrected chi connectivity index (χ4v) is 8.24. The highest BCUT2D eigenvalue weighted by Gasteiger charge is 2.44. The summed E-state index contributed by atoms with van der Waals surface area (Å²) in [4.78, 5) is 14.7. The molecule has 1 aromatic heterocycles. The van der Waals surface area contributed by atoms with Crippen molar-refractivity contribution in [3.8, 4) is 11.4 Å². The summed E-state index contributed by atoms with van der Waals surface area (Å²) in [6.07, 6.45) is 3.70. The molecule has 0 aliphatic carbocycles. The first-order valence-electron chi connectivity index (χ1n) is 19.9.